The number of H-pyrrole nitrogens is 3. The maximum Gasteiger partial charge on any atom is 3.00 e. The van der Waals surface area contributed by atoms with Crippen molar-refractivity contribution in [3.05, 3.63) is 123 Å². The molecule has 0 saturated carbocycles. The molecule has 338 valence electrons. The molecular weight excluding hydrogens is 1000 g/mol. The van der Waals surface area contributed by atoms with Gasteiger partial charge in [-0.15, -0.1) is 0 Å². The Hall–Kier alpha value is -6.06. The number of fused-ring (bicyclic) bond motifs is 9. The SMILES string of the molecule is O=S(=O)(O)c1cc2[nH]c1c(-c1c(F)c(F)c(F)c(F)c1F)c1nc(c(-c3c(F)c(F)c(F)c(F)c3F)c3ccc([nH]3)c(-c3c(F)c(F)c(F)c(F)c3F)c3cc(S(=O)(=O)O)c2[nH]3)CC1.[Mn+3]. The second-order valence-corrected chi connectivity index (χ2v) is 16.3. The molecule has 10 nitrogen and oxygen atoms in total. The Bertz CT molecular complexity index is 3570. The molecule has 28 heteroatoms. The first-order chi connectivity index (χ1) is 29.8. The third-order valence-corrected chi connectivity index (χ3v) is 11.7. The third-order valence-electron chi connectivity index (χ3n) is 9.96. The zero-order chi connectivity index (χ0) is 47.0. The fraction of sp³-hybridized carbons (Fsp3) is 0.0541. The van der Waals surface area contributed by atoms with Gasteiger partial charge >= 0.3 is 17.1 Å². The van der Waals surface area contributed by atoms with Gasteiger partial charge in [0.25, 0.3) is 20.2 Å². The summed E-state index contributed by atoms with van der Waals surface area (Å²) in [5, 5.41) is 0. The van der Waals surface area contributed by atoms with Crippen LogP contribution in [-0.4, -0.2) is 45.9 Å². The van der Waals surface area contributed by atoms with Crippen LogP contribution in [0.4, 0.5) is 65.9 Å². The second-order valence-electron chi connectivity index (χ2n) is 13.5. The van der Waals surface area contributed by atoms with Crippen molar-refractivity contribution >= 4 is 53.3 Å². The van der Waals surface area contributed by atoms with Crippen molar-refractivity contribution in [2.45, 2.75) is 22.6 Å². The number of aromatic nitrogens is 4. The molecule has 3 aromatic carbocycles. The van der Waals surface area contributed by atoms with E-state index in [1.807, 2.05) is 4.98 Å². The topological polar surface area (TPSA) is 169 Å². The Balaban J connectivity index is 0.00000630. The van der Waals surface area contributed by atoms with Gasteiger partial charge in [-0.1, -0.05) is 0 Å². The normalized spacial score (nSPS) is 12.7. The van der Waals surface area contributed by atoms with Crippen LogP contribution >= 0.6 is 0 Å². The largest absolute Gasteiger partial charge is 3.00 e. The summed E-state index contributed by atoms with van der Waals surface area (Å²) in [6, 6.07) is 1.65. The molecule has 4 aromatic heterocycles. The van der Waals surface area contributed by atoms with Crippen LogP contribution in [-0.2, 0) is 50.1 Å². The van der Waals surface area contributed by atoms with E-state index in [9.17, 15) is 65.5 Å². The van der Waals surface area contributed by atoms with Gasteiger partial charge < -0.3 is 15.0 Å². The molecule has 1 aliphatic rings. The average molecular weight is 1010 g/mol. The average Bonchev–Trinajstić information content (AvgIpc) is 4.07. The maximum atomic E-state index is 15.8. The first kappa shape index (κ1) is 46.9. The molecule has 8 rings (SSSR count). The number of aryl methyl sites for hydroxylation is 2. The van der Waals surface area contributed by atoms with Crippen LogP contribution in [0.15, 0.2) is 34.1 Å². The smallest absolute Gasteiger partial charge is 0.354 e. The van der Waals surface area contributed by atoms with Gasteiger partial charge in [0.2, 0.25) is 17.5 Å². The molecule has 0 amide bonds. The Morgan fingerprint density at radius 1 is 0.385 bits per heavy atom. The molecule has 0 spiro atoms. The van der Waals surface area contributed by atoms with E-state index in [-0.39, 0.29) is 29.2 Å². The number of rotatable bonds is 5. The summed E-state index contributed by atoms with van der Waals surface area (Å²) < 4.78 is 299. The minimum Gasteiger partial charge on any atom is -0.354 e. The number of hydrogen-bond acceptors (Lipinski definition) is 5. The summed E-state index contributed by atoms with van der Waals surface area (Å²) in [5.74, 6) is -40.2. The van der Waals surface area contributed by atoms with Crippen LogP contribution in [0.3, 0.4) is 0 Å². The molecule has 8 bridgehead atoms. The van der Waals surface area contributed by atoms with E-state index in [4.69, 9.17) is 0 Å². The van der Waals surface area contributed by atoms with E-state index in [2.05, 4.69) is 15.0 Å². The van der Waals surface area contributed by atoms with Crippen LogP contribution < -0.4 is 0 Å². The van der Waals surface area contributed by atoms with Gasteiger partial charge in [-0.25, -0.2) is 65.9 Å². The summed E-state index contributed by atoms with van der Waals surface area (Å²) in [5.41, 5.74) is -18.8. The molecular formula is C37H13F15MnN4O6S2+3. The van der Waals surface area contributed by atoms with Gasteiger partial charge in [-0.3, -0.25) is 14.1 Å². The van der Waals surface area contributed by atoms with Crippen LogP contribution in [0.5, 0.6) is 0 Å². The van der Waals surface area contributed by atoms with E-state index >= 15 is 26.3 Å². The second kappa shape index (κ2) is 15.8. The van der Waals surface area contributed by atoms with Gasteiger partial charge in [0, 0.05) is 27.7 Å². The van der Waals surface area contributed by atoms with Gasteiger partial charge in [0.1, 0.15) is 9.79 Å². The van der Waals surface area contributed by atoms with Crippen molar-refractivity contribution in [1.29, 1.82) is 0 Å². The Morgan fingerprint density at radius 3 is 1.11 bits per heavy atom. The van der Waals surface area contributed by atoms with Crippen molar-refractivity contribution in [3.63, 3.8) is 0 Å². The summed E-state index contributed by atoms with van der Waals surface area (Å²) in [6.45, 7) is 0. The molecule has 5 N–H and O–H groups in total. The van der Waals surface area contributed by atoms with Crippen LogP contribution in [0, 0.1) is 87.3 Å². The Kier molecular flexibility index (Phi) is 11.4. The zero-order valence-corrected chi connectivity index (χ0v) is 33.4. The molecule has 0 atom stereocenters. The molecule has 65 heavy (non-hydrogen) atoms. The molecule has 0 aliphatic carbocycles. The molecule has 0 saturated heterocycles. The van der Waals surface area contributed by atoms with Gasteiger partial charge in [-0.05, 0) is 37.1 Å². The number of hydrogen-bond donors (Lipinski definition) is 5. The molecule has 1 aliphatic heterocycles. The predicted molar refractivity (Wildman–Crippen MR) is 189 cm³/mol. The third kappa shape index (κ3) is 7.09. The van der Waals surface area contributed by atoms with E-state index in [0.717, 1.165) is 0 Å². The molecule has 0 fully saturated rings. The molecule has 5 heterocycles. The minimum absolute atomic E-state index is 0. The Morgan fingerprint density at radius 2 is 0.692 bits per heavy atom. The number of nitrogens with one attached hydrogen (secondary N) is 3. The van der Waals surface area contributed by atoms with Crippen molar-refractivity contribution in [3.8, 4) is 33.4 Å². The number of benzene rings is 3. The van der Waals surface area contributed by atoms with E-state index in [1.54, 1.807) is 0 Å². The van der Waals surface area contributed by atoms with E-state index in [0.29, 0.717) is 12.1 Å². The molecule has 0 radical (unpaired) electrons. The predicted octanol–water partition coefficient (Wildman–Crippen LogP) is 9.89. The Labute approximate surface area is 360 Å². The standard InChI is InChI=1S/C37H13F15N4O6S2.Mn/c38-21-18(22(39)28(45)33(50)27(21)44)15-7-1-2-9(53-7)16(19-23(40)29(46)34(51)30(47)24(19)41)11-5-13(63(57,58)59)36(55-11)12-6-14(64(60,61)62)37(56-12)17(10-4-3-8(15)54-10)20-25(42)31(48)35(52)32(49)26(20)43;/h1-2,5-6,53,55-56H,3-4H2,(H,57,58,59)(H,60,61,62);/q;+3. The molecule has 7 aromatic rings. The van der Waals surface area contributed by atoms with Crippen molar-refractivity contribution < 1.29 is 109 Å². The number of aromatic amines is 3. The van der Waals surface area contributed by atoms with Crippen molar-refractivity contribution in [1.82, 2.24) is 19.9 Å². The first-order valence-corrected chi connectivity index (χ1v) is 19.9. The summed E-state index contributed by atoms with van der Waals surface area (Å²) in [6.07, 6.45) is -1.87. The van der Waals surface area contributed by atoms with Crippen molar-refractivity contribution in [2.75, 3.05) is 0 Å². The van der Waals surface area contributed by atoms with Gasteiger partial charge in [0.15, 0.2) is 69.8 Å². The van der Waals surface area contributed by atoms with Gasteiger partial charge in [-0.2, -0.15) is 16.8 Å². The van der Waals surface area contributed by atoms with E-state index in [1.165, 1.54) is 0 Å². The van der Waals surface area contributed by atoms with Crippen LogP contribution in [0.1, 0.15) is 11.4 Å². The monoisotopic (exact) mass is 1010 g/mol. The van der Waals surface area contributed by atoms with E-state index < -0.39 is 208 Å². The molecule has 0 unspecified atom stereocenters. The maximum absolute atomic E-state index is 15.8. The first-order valence-electron chi connectivity index (χ1n) is 17.0. The quantitative estimate of drug-likeness (QED) is 0.0376. The van der Waals surface area contributed by atoms with Crippen LogP contribution in [0.25, 0.3) is 66.5 Å². The van der Waals surface area contributed by atoms with Gasteiger partial charge in [0.05, 0.1) is 50.1 Å². The number of nitrogens with zero attached hydrogens (tertiary/aromatic N) is 1. The zero-order valence-electron chi connectivity index (χ0n) is 30.6. The van der Waals surface area contributed by atoms with Crippen LogP contribution in [0.2, 0.25) is 0 Å². The van der Waals surface area contributed by atoms with Crippen molar-refractivity contribution in [2.24, 2.45) is 0 Å². The fourth-order valence-corrected chi connectivity index (χ4v) is 8.59. The summed E-state index contributed by atoms with van der Waals surface area (Å²) >= 11 is 0. The summed E-state index contributed by atoms with van der Waals surface area (Å²) in [4.78, 5) is 7.15. The summed E-state index contributed by atoms with van der Waals surface area (Å²) in [7, 11) is -11.7. The number of halogens is 15. The minimum atomic E-state index is -5.90. The fourth-order valence-electron chi connectivity index (χ4n) is 7.23.